The Morgan fingerprint density at radius 1 is 1.24 bits per heavy atom. The maximum atomic E-state index is 10.0. The highest BCUT2D eigenvalue weighted by molar-refractivity contribution is 9.09. The summed E-state index contributed by atoms with van der Waals surface area (Å²) in [5, 5.41) is 20.5. The SMILES string of the molecule is COc1c(C)cc(C(O)C(O)CCBr)cc1C. The summed E-state index contributed by atoms with van der Waals surface area (Å²) in [6, 6.07) is 3.71. The quantitative estimate of drug-likeness (QED) is 0.822. The molecule has 0 bridgehead atoms. The van der Waals surface area contributed by atoms with E-state index in [1.807, 2.05) is 26.0 Å². The van der Waals surface area contributed by atoms with Crippen LogP contribution in [-0.2, 0) is 0 Å². The van der Waals surface area contributed by atoms with E-state index in [-0.39, 0.29) is 0 Å². The van der Waals surface area contributed by atoms with Gasteiger partial charge in [0.2, 0.25) is 0 Å². The maximum absolute atomic E-state index is 10.0. The lowest BCUT2D eigenvalue weighted by atomic mass is 9.98. The van der Waals surface area contributed by atoms with Crippen molar-refractivity contribution in [2.75, 3.05) is 12.4 Å². The molecule has 3 nitrogen and oxygen atoms in total. The number of hydrogen-bond donors (Lipinski definition) is 2. The molecule has 2 unspecified atom stereocenters. The van der Waals surface area contributed by atoms with Gasteiger partial charge in [-0.25, -0.2) is 0 Å². The Morgan fingerprint density at radius 2 is 1.76 bits per heavy atom. The third-order valence-electron chi connectivity index (χ3n) is 2.80. The second-order valence-corrected chi connectivity index (χ2v) is 4.97. The molecular formula is C13H19BrO3. The molecule has 4 heteroatoms. The van der Waals surface area contributed by atoms with Crippen molar-refractivity contribution in [1.29, 1.82) is 0 Å². The number of hydrogen-bond acceptors (Lipinski definition) is 3. The summed E-state index contributed by atoms with van der Waals surface area (Å²) in [6.45, 7) is 3.86. The van der Waals surface area contributed by atoms with E-state index in [0.29, 0.717) is 11.8 Å². The van der Waals surface area contributed by atoms with Gasteiger partial charge >= 0.3 is 0 Å². The van der Waals surface area contributed by atoms with Gasteiger partial charge in [-0.3, -0.25) is 0 Å². The van der Waals surface area contributed by atoms with Crippen LogP contribution in [0.1, 0.15) is 29.2 Å². The minimum absolute atomic E-state index is 0.519. The second-order valence-electron chi connectivity index (χ2n) is 4.18. The summed E-state index contributed by atoms with van der Waals surface area (Å²) in [6.07, 6.45) is -1.08. The second kappa shape index (κ2) is 6.38. The Hall–Kier alpha value is -0.580. The van der Waals surface area contributed by atoms with Gasteiger partial charge in [0.15, 0.2) is 0 Å². The topological polar surface area (TPSA) is 49.7 Å². The van der Waals surface area contributed by atoms with Crippen molar-refractivity contribution in [2.45, 2.75) is 32.5 Å². The summed E-state index contributed by atoms with van der Waals surface area (Å²) in [4.78, 5) is 0. The molecule has 1 rings (SSSR count). The van der Waals surface area contributed by atoms with Gasteiger partial charge < -0.3 is 14.9 Å². The number of aryl methyl sites for hydroxylation is 2. The van der Waals surface area contributed by atoms with Crippen LogP contribution in [0, 0.1) is 13.8 Å². The maximum Gasteiger partial charge on any atom is 0.124 e. The molecule has 0 aliphatic rings. The number of halogens is 1. The molecule has 17 heavy (non-hydrogen) atoms. The molecule has 1 aromatic rings. The largest absolute Gasteiger partial charge is 0.496 e. The van der Waals surface area contributed by atoms with Gasteiger partial charge in [-0.2, -0.15) is 0 Å². The van der Waals surface area contributed by atoms with Crippen molar-refractivity contribution in [1.82, 2.24) is 0 Å². The van der Waals surface area contributed by atoms with Crippen LogP contribution in [-0.4, -0.2) is 28.8 Å². The predicted molar refractivity (Wildman–Crippen MR) is 71.8 cm³/mol. The standard InChI is InChI=1S/C13H19BrO3/c1-8-6-10(7-9(2)13(8)17-3)12(16)11(15)4-5-14/h6-7,11-12,15-16H,4-5H2,1-3H3. The van der Waals surface area contributed by atoms with E-state index in [1.165, 1.54) is 0 Å². The van der Waals surface area contributed by atoms with Gasteiger partial charge in [0.1, 0.15) is 11.9 Å². The highest BCUT2D eigenvalue weighted by atomic mass is 79.9. The third kappa shape index (κ3) is 3.44. The third-order valence-corrected chi connectivity index (χ3v) is 3.26. The zero-order valence-corrected chi connectivity index (χ0v) is 12.0. The van der Waals surface area contributed by atoms with Crippen molar-refractivity contribution in [3.63, 3.8) is 0 Å². The van der Waals surface area contributed by atoms with Gasteiger partial charge in [-0.15, -0.1) is 0 Å². The zero-order valence-electron chi connectivity index (χ0n) is 10.4. The molecule has 2 atom stereocenters. The number of ether oxygens (including phenoxy) is 1. The first kappa shape index (κ1) is 14.5. The normalized spacial score (nSPS) is 14.5. The number of alkyl halides is 1. The smallest absolute Gasteiger partial charge is 0.124 e. The van der Waals surface area contributed by atoms with Gasteiger partial charge in [0.05, 0.1) is 13.2 Å². The fourth-order valence-electron chi connectivity index (χ4n) is 1.97. The van der Waals surface area contributed by atoms with E-state index < -0.39 is 12.2 Å². The molecule has 0 amide bonds. The molecule has 0 aliphatic carbocycles. The highest BCUT2D eigenvalue weighted by Crippen LogP contribution is 2.29. The number of methoxy groups -OCH3 is 1. The number of benzene rings is 1. The monoisotopic (exact) mass is 302 g/mol. The molecular weight excluding hydrogens is 284 g/mol. The van der Waals surface area contributed by atoms with E-state index in [4.69, 9.17) is 4.74 Å². The molecule has 0 fully saturated rings. The first-order valence-corrected chi connectivity index (χ1v) is 6.70. The van der Waals surface area contributed by atoms with Crippen molar-refractivity contribution < 1.29 is 14.9 Å². The van der Waals surface area contributed by atoms with Crippen LogP contribution in [0.4, 0.5) is 0 Å². The summed E-state index contributed by atoms with van der Waals surface area (Å²) < 4.78 is 5.27. The lowest BCUT2D eigenvalue weighted by molar-refractivity contribution is 0.0173. The van der Waals surface area contributed by atoms with Crippen LogP contribution in [0.5, 0.6) is 5.75 Å². The number of aliphatic hydroxyl groups excluding tert-OH is 2. The van der Waals surface area contributed by atoms with E-state index in [0.717, 1.165) is 22.4 Å². The van der Waals surface area contributed by atoms with Crippen molar-refractivity contribution >= 4 is 15.9 Å². The average Bonchev–Trinajstić information content (AvgIpc) is 2.27. The van der Waals surface area contributed by atoms with Crippen LogP contribution in [0.15, 0.2) is 12.1 Å². The highest BCUT2D eigenvalue weighted by Gasteiger charge is 2.19. The molecule has 1 aromatic carbocycles. The molecule has 0 spiro atoms. The summed E-state index contributed by atoms with van der Waals surface area (Å²) in [5.74, 6) is 0.830. The van der Waals surface area contributed by atoms with E-state index in [2.05, 4.69) is 15.9 Å². The fourth-order valence-corrected chi connectivity index (χ4v) is 2.44. The lowest BCUT2D eigenvalue weighted by Crippen LogP contribution is -2.19. The van der Waals surface area contributed by atoms with Crippen LogP contribution in [0.3, 0.4) is 0 Å². The first-order chi connectivity index (χ1) is 8.01. The van der Waals surface area contributed by atoms with E-state index in [1.54, 1.807) is 7.11 Å². The molecule has 0 heterocycles. The average molecular weight is 303 g/mol. The Morgan fingerprint density at radius 3 is 2.18 bits per heavy atom. The van der Waals surface area contributed by atoms with Crippen LogP contribution < -0.4 is 4.74 Å². The number of rotatable bonds is 5. The predicted octanol–water partition coefficient (Wildman–Crippen LogP) is 2.49. The van der Waals surface area contributed by atoms with Gasteiger partial charge in [0.25, 0.3) is 0 Å². The molecule has 0 radical (unpaired) electrons. The Labute approximate surface area is 111 Å². The van der Waals surface area contributed by atoms with E-state index >= 15 is 0 Å². The molecule has 0 saturated carbocycles. The summed E-state index contributed by atoms with van der Waals surface area (Å²) in [5.41, 5.74) is 2.66. The number of aliphatic hydroxyl groups is 2. The van der Waals surface area contributed by atoms with E-state index in [9.17, 15) is 10.2 Å². The van der Waals surface area contributed by atoms with Gasteiger partial charge in [-0.05, 0) is 49.1 Å². The first-order valence-electron chi connectivity index (χ1n) is 5.58. The van der Waals surface area contributed by atoms with Crippen molar-refractivity contribution in [2.24, 2.45) is 0 Å². The summed E-state index contributed by atoms with van der Waals surface area (Å²) in [7, 11) is 1.63. The van der Waals surface area contributed by atoms with Gasteiger partial charge in [-0.1, -0.05) is 15.9 Å². The summed E-state index contributed by atoms with van der Waals surface area (Å²) >= 11 is 3.25. The minimum Gasteiger partial charge on any atom is -0.496 e. The molecule has 0 aromatic heterocycles. The van der Waals surface area contributed by atoms with Crippen LogP contribution in [0.2, 0.25) is 0 Å². The molecule has 0 saturated heterocycles. The van der Waals surface area contributed by atoms with Crippen molar-refractivity contribution in [3.8, 4) is 5.75 Å². The van der Waals surface area contributed by atoms with Crippen molar-refractivity contribution in [3.05, 3.63) is 28.8 Å². The van der Waals surface area contributed by atoms with Gasteiger partial charge in [0, 0.05) is 5.33 Å². The molecule has 96 valence electrons. The van der Waals surface area contributed by atoms with Crippen LogP contribution >= 0.6 is 15.9 Å². The zero-order chi connectivity index (χ0) is 13.0. The molecule has 0 aliphatic heterocycles. The Kier molecular flexibility index (Phi) is 5.43. The molecule has 2 N–H and O–H groups in total. The Bertz CT molecular complexity index is 356. The van der Waals surface area contributed by atoms with Crippen LogP contribution in [0.25, 0.3) is 0 Å². The Balaban J connectivity index is 2.99. The lowest BCUT2D eigenvalue weighted by Gasteiger charge is -2.19. The minimum atomic E-state index is -0.851. The fraction of sp³-hybridized carbons (Fsp3) is 0.538.